The Hall–Kier alpha value is -3.79. The van der Waals surface area contributed by atoms with Gasteiger partial charge in [-0.1, -0.05) is 36.4 Å². The molecule has 130 valence electrons. The zero-order valence-corrected chi connectivity index (χ0v) is 14.9. The fourth-order valence-electron chi connectivity index (χ4n) is 4.79. The Morgan fingerprint density at radius 2 is 1.79 bits per heavy atom. The van der Waals surface area contributed by atoms with Crippen LogP contribution in [0.3, 0.4) is 0 Å². The zero-order valence-electron chi connectivity index (χ0n) is 14.9. The molecule has 0 N–H and O–H groups in total. The summed E-state index contributed by atoms with van der Waals surface area (Å²) in [5.74, 6) is 0. The summed E-state index contributed by atoms with van der Waals surface area (Å²) in [7, 11) is 0. The highest BCUT2D eigenvalue weighted by Crippen LogP contribution is 2.43. The quantitative estimate of drug-likeness (QED) is 0.352. The van der Waals surface area contributed by atoms with E-state index in [1.165, 1.54) is 27.6 Å². The van der Waals surface area contributed by atoms with Gasteiger partial charge in [0, 0.05) is 23.2 Å². The summed E-state index contributed by atoms with van der Waals surface area (Å²) >= 11 is 0. The van der Waals surface area contributed by atoms with Gasteiger partial charge in [-0.15, -0.1) is 0 Å². The zero-order chi connectivity index (χ0) is 18.2. The highest BCUT2D eigenvalue weighted by Gasteiger charge is 2.24. The molecule has 0 spiro atoms. The second-order valence-electron chi connectivity index (χ2n) is 7.35. The fraction of sp³-hybridized carbons (Fsp3) is 0.0417. The van der Waals surface area contributed by atoms with E-state index in [-0.39, 0.29) is 0 Å². The van der Waals surface area contributed by atoms with Crippen LogP contribution in [0.25, 0.3) is 49.6 Å². The van der Waals surface area contributed by atoms with Crippen LogP contribution in [0, 0.1) is 0 Å². The number of hydrogen-bond acceptors (Lipinski definition) is 3. The standard InChI is InChI=1S/C24H14N4/c1-2-5-15-14(4-1)12-18-16(15)7-8-17-22(18)24-27-19-13-25-11-9-20(19)28(24)21-6-3-10-26-23(17)21/h1-11,13H,12H2. The number of rotatable bonds is 0. The smallest absolute Gasteiger partial charge is 0.146 e. The Morgan fingerprint density at radius 1 is 0.821 bits per heavy atom. The van der Waals surface area contributed by atoms with Crippen LogP contribution in [0.1, 0.15) is 11.1 Å². The molecule has 0 saturated heterocycles. The van der Waals surface area contributed by atoms with Crippen molar-refractivity contribution in [1.29, 1.82) is 0 Å². The minimum atomic E-state index is 0.910. The van der Waals surface area contributed by atoms with Crippen molar-refractivity contribution in [2.45, 2.75) is 6.42 Å². The van der Waals surface area contributed by atoms with E-state index in [9.17, 15) is 0 Å². The largest absolute Gasteiger partial charge is 0.290 e. The van der Waals surface area contributed by atoms with Gasteiger partial charge in [-0.3, -0.25) is 14.4 Å². The third-order valence-corrected chi connectivity index (χ3v) is 5.95. The number of aromatic nitrogens is 4. The monoisotopic (exact) mass is 358 g/mol. The average molecular weight is 358 g/mol. The Kier molecular flexibility index (Phi) is 2.51. The van der Waals surface area contributed by atoms with E-state index < -0.39 is 0 Å². The van der Waals surface area contributed by atoms with E-state index in [0.29, 0.717) is 0 Å². The van der Waals surface area contributed by atoms with Gasteiger partial charge in [0.2, 0.25) is 0 Å². The SMILES string of the molecule is c1ccc2c(c1)Cc1c-2ccc2c3ncccc3n3c4ccncc4nc3c12. The van der Waals surface area contributed by atoms with E-state index in [0.717, 1.165) is 39.5 Å². The number of fused-ring (bicyclic) bond motifs is 12. The Balaban J connectivity index is 1.79. The van der Waals surface area contributed by atoms with Gasteiger partial charge >= 0.3 is 0 Å². The molecule has 6 aromatic rings. The van der Waals surface area contributed by atoms with Gasteiger partial charge in [0.1, 0.15) is 11.2 Å². The molecule has 0 fully saturated rings. The first-order chi connectivity index (χ1) is 13.9. The van der Waals surface area contributed by atoms with Gasteiger partial charge in [-0.05, 0) is 46.9 Å². The lowest BCUT2D eigenvalue weighted by atomic mass is 9.99. The van der Waals surface area contributed by atoms with Gasteiger partial charge < -0.3 is 0 Å². The van der Waals surface area contributed by atoms with Crippen molar-refractivity contribution in [2.24, 2.45) is 0 Å². The van der Waals surface area contributed by atoms with E-state index >= 15 is 0 Å². The Bertz CT molecular complexity index is 1590. The lowest BCUT2D eigenvalue weighted by Crippen LogP contribution is -1.96. The van der Waals surface area contributed by atoms with E-state index in [2.05, 4.69) is 51.8 Å². The van der Waals surface area contributed by atoms with Crippen LogP contribution in [0.2, 0.25) is 0 Å². The maximum Gasteiger partial charge on any atom is 0.146 e. The van der Waals surface area contributed by atoms with Gasteiger partial charge in [0.15, 0.2) is 0 Å². The first kappa shape index (κ1) is 14.3. The Morgan fingerprint density at radius 3 is 2.79 bits per heavy atom. The molecule has 4 heteroatoms. The van der Waals surface area contributed by atoms with Gasteiger partial charge in [-0.2, -0.15) is 0 Å². The van der Waals surface area contributed by atoms with E-state index in [1.54, 1.807) is 0 Å². The third kappa shape index (κ3) is 1.63. The summed E-state index contributed by atoms with van der Waals surface area (Å²) in [6, 6.07) is 19.3. The van der Waals surface area contributed by atoms with Crippen molar-refractivity contribution in [3.05, 3.63) is 84.3 Å². The predicted octanol–water partition coefficient (Wildman–Crippen LogP) is 5.16. The molecule has 7 rings (SSSR count). The predicted molar refractivity (Wildman–Crippen MR) is 112 cm³/mol. The molecule has 0 amide bonds. The number of nitrogens with zero attached hydrogens (tertiary/aromatic N) is 4. The molecule has 0 radical (unpaired) electrons. The van der Waals surface area contributed by atoms with Crippen LogP contribution >= 0.6 is 0 Å². The molecule has 28 heavy (non-hydrogen) atoms. The topological polar surface area (TPSA) is 43.1 Å². The molecule has 4 nitrogen and oxygen atoms in total. The van der Waals surface area contributed by atoms with Crippen LogP contribution in [0.4, 0.5) is 0 Å². The third-order valence-electron chi connectivity index (χ3n) is 5.95. The summed E-state index contributed by atoms with van der Waals surface area (Å²) in [4.78, 5) is 14.0. The van der Waals surface area contributed by atoms with Crippen molar-refractivity contribution in [3.8, 4) is 11.1 Å². The van der Waals surface area contributed by atoms with Crippen LogP contribution in [0.15, 0.2) is 73.2 Å². The summed E-state index contributed by atoms with van der Waals surface area (Å²) in [5, 5.41) is 2.37. The van der Waals surface area contributed by atoms with Crippen molar-refractivity contribution in [3.63, 3.8) is 0 Å². The number of hydrogen-bond donors (Lipinski definition) is 0. The lowest BCUT2D eigenvalue weighted by Gasteiger charge is -2.11. The highest BCUT2D eigenvalue weighted by atomic mass is 15.0. The summed E-state index contributed by atoms with van der Waals surface area (Å²) in [6.45, 7) is 0. The molecule has 4 heterocycles. The minimum Gasteiger partial charge on any atom is -0.290 e. The molecular formula is C24H14N4. The average Bonchev–Trinajstić information content (AvgIpc) is 3.32. The van der Waals surface area contributed by atoms with Crippen LogP contribution in [-0.4, -0.2) is 19.4 Å². The van der Waals surface area contributed by atoms with Crippen LogP contribution in [0.5, 0.6) is 0 Å². The van der Waals surface area contributed by atoms with Crippen LogP contribution < -0.4 is 0 Å². The number of imidazole rings is 1. The Labute approximate surface area is 160 Å². The van der Waals surface area contributed by atoms with E-state index in [4.69, 9.17) is 9.97 Å². The summed E-state index contributed by atoms with van der Waals surface area (Å²) in [5.41, 5.74) is 10.4. The lowest BCUT2D eigenvalue weighted by molar-refractivity contribution is 1.25. The second kappa shape index (κ2) is 4.93. The molecule has 4 aromatic heterocycles. The molecule has 0 unspecified atom stereocenters. The van der Waals surface area contributed by atoms with E-state index in [1.807, 2.05) is 30.7 Å². The van der Waals surface area contributed by atoms with Crippen molar-refractivity contribution < 1.29 is 0 Å². The molecule has 1 aliphatic carbocycles. The molecular weight excluding hydrogens is 344 g/mol. The molecule has 2 aromatic carbocycles. The highest BCUT2D eigenvalue weighted by molar-refractivity contribution is 6.15. The van der Waals surface area contributed by atoms with Crippen molar-refractivity contribution >= 4 is 38.5 Å². The summed E-state index contributed by atoms with van der Waals surface area (Å²) in [6.07, 6.45) is 6.47. The van der Waals surface area contributed by atoms with Crippen molar-refractivity contribution in [2.75, 3.05) is 0 Å². The first-order valence-electron chi connectivity index (χ1n) is 9.43. The molecule has 0 bridgehead atoms. The number of pyridine rings is 3. The maximum atomic E-state index is 5.01. The van der Waals surface area contributed by atoms with Crippen molar-refractivity contribution in [1.82, 2.24) is 19.4 Å². The number of benzene rings is 2. The van der Waals surface area contributed by atoms with Gasteiger partial charge in [-0.25, -0.2) is 4.98 Å². The normalized spacial score (nSPS) is 12.9. The van der Waals surface area contributed by atoms with Crippen LogP contribution in [-0.2, 0) is 6.42 Å². The minimum absolute atomic E-state index is 0.910. The fourth-order valence-corrected chi connectivity index (χ4v) is 4.79. The first-order valence-corrected chi connectivity index (χ1v) is 9.43. The summed E-state index contributed by atoms with van der Waals surface area (Å²) < 4.78 is 2.24. The molecule has 0 aliphatic heterocycles. The maximum absolute atomic E-state index is 5.01. The van der Waals surface area contributed by atoms with Gasteiger partial charge in [0.05, 0.1) is 22.7 Å². The second-order valence-corrected chi connectivity index (χ2v) is 7.35. The van der Waals surface area contributed by atoms with Gasteiger partial charge in [0.25, 0.3) is 0 Å². The molecule has 0 saturated carbocycles. The molecule has 0 atom stereocenters. The molecule has 1 aliphatic rings.